The number of pyridine rings is 1. The molecule has 2 rings (SSSR count). The smallest absolute Gasteiger partial charge is 0.137 e. The number of hydrazone groups is 1. The molecule has 4 nitrogen and oxygen atoms in total. The van der Waals surface area contributed by atoms with E-state index in [1.165, 1.54) is 0 Å². The Hall–Kier alpha value is -1.36. The Balaban J connectivity index is 2.71. The van der Waals surface area contributed by atoms with Gasteiger partial charge in [0.2, 0.25) is 0 Å². The van der Waals surface area contributed by atoms with E-state index in [1.54, 1.807) is 12.4 Å². The van der Waals surface area contributed by atoms with E-state index < -0.39 is 0 Å². The number of imidazole rings is 1. The summed E-state index contributed by atoms with van der Waals surface area (Å²) in [4.78, 5) is 4.17. The number of aromatic nitrogens is 2. The van der Waals surface area contributed by atoms with Gasteiger partial charge in [-0.2, -0.15) is 5.10 Å². The first-order valence-corrected chi connectivity index (χ1v) is 4.46. The Bertz CT molecular complexity index is 460. The Morgan fingerprint density at radius 3 is 3.15 bits per heavy atom. The molecule has 0 saturated carbocycles. The molecule has 0 amide bonds. The van der Waals surface area contributed by atoms with E-state index in [9.17, 15) is 0 Å². The molecule has 0 fully saturated rings. The van der Waals surface area contributed by atoms with Gasteiger partial charge < -0.3 is 5.84 Å². The van der Waals surface area contributed by atoms with Crippen LogP contribution in [0.5, 0.6) is 0 Å². The predicted molar refractivity (Wildman–Crippen MR) is 54.7 cm³/mol. The highest BCUT2D eigenvalue weighted by atomic mass is 79.9. The number of nitrogens with zero attached hydrogens (tertiary/aromatic N) is 3. The fourth-order valence-corrected chi connectivity index (χ4v) is 1.48. The maximum Gasteiger partial charge on any atom is 0.137 e. The molecule has 0 aliphatic rings. The van der Waals surface area contributed by atoms with Gasteiger partial charge in [-0.05, 0) is 28.1 Å². The van der Waals surface area contributed by atoms with Crippen molar-refractivity contribution in [2.75, 3.05) is 0 Å². The van der Waals surface area contributed by atoms with Crippen LogP contribution in [0.2, 0.25) is 0 Å². The van der Waals surface area contributed by atoms with Gasteiger partial charge in [0.1, 0.15) is 5.65 Å². The van der Waals surface area contributed by atoms with Crippen molar-refractivity contribution in [3.05, 3.63) is 34.7 Å². The minimum absolute atomic E-state index is 0.860. The van der Waals surface area contributed by atoms with Gasteiger partial charge in [0.05, 0.1) is 18.1 Å². The molecule has 0 bridgehead atoms. The van der Waals surface area contributed by atoms with Crippen LogP contribution in [-0.2, 0) is 0 Å². The third-order valence-electron chi connectivity index (χ3n) is 1.70. The molecule has 0 aromatic carbocycles. The maximum atomic E-state index is 5.07. The van der Waals surface area contributed by atoms with Crippen LogP contribution in [0.1, 0.15) is 5.69 Å². The lowest BCUT2D eigenvalue weighted by Gasteiger charge is -1.95. The minimum Gasteiger partial charge on any atom is -0.323 e. The Morgan fingerprint density at radius 2 is 2.38 bits per heavy atom. The van der Waals surface area contributed by atoms with E-state index in [0.29, 0.717) is 0 Å². The average molecular weight is 239 g/mol. The highest BCUT2D eigenvalue weighted by Crippen LogP contribution is 2.12. The van der Waals surface area contributed by atoms with Crippen LogP contribution in [0.25, 0.3) is 5.65 Å². The molecule has 0 aliphatic heterocycles. The van der Waals surface area contributed by atoms with Crippen molar-refractivity contribution in [3.8, 4) is 0 Å². The molecule has 0 unspecified atom stereocenters. The Kier molecular flexibility index (Phi) is 2.02. The van der Waals surface area contributed by atoms with E-state index in [0.717, 1.165) is 15.8 Å². The van der Waals surface area contributed by atoms with Crippen molar-refractivity contribution < 1.29 is 0 Å². The van der Waals surface area contributed by atoms with Crippen LogP contribution >= 0.6 is 15.9 Å². The van der Waals surface area contributed by atoms with Gasteiger partial charge in [-0.3, -0.25) is 4.40 Å². The summed E-state index contributed by atoms with van der Waals surface area (Å²) in [6.07, 6.45) is 5.20. The van der Waals surface area contributed by atoms with Crippen molar-refractivity contribution >= 4 is 27.8 Å². The van der Waals surface area contributed by atoms with E-state index in [-0.39, 0.29) is 0 Å². The first kappa shape index (κ1) is 8.25. The number of nitrogens with two attached hydrogens (primary N) is 1. The molecule has 66 valence electrons. The summed E-state index contributed by atoms with van der Waals surface area (Å²) in [6, 6.07) is 3.85. The quantitative estimate of drug-likeness (QED) is 0.464. The lowest BCUT2D eigenvalue weighted by Crippen LogP contribution is -1.92. The molecule has 0 atom stereocenters. The lowest BCUT2D eigenvalue weighted by atomic mass is 10.4. The second-order valence-electron chi connectivity index (χ2n) is 2.54. The summed E-state index contributed by atoms with van der Waals surface area (Å²) in [5.41, 5.74) is 1.73. The monoisotopic (exact) mass is 238 g/mol. The molecule has 0 saturated heterocycles. The standard InChI is InChI=1S/C8H7BrN4/c9-6-1-2-8-11-3-7(4-12-10)13(8)5-6/h1-5H,10H2/b12-4+. The van der Waals surface area contributed by atoms with Crippen molar-refractivity contribution in [3.63, 3.8) is 0 Å². The average Bonchev–Trinajstić information content (AvgIpc) is 2.49. The van der Waals surface area contributed by atoms with Gasteiger partial charge >= 0.3 is 0 Å². The molecule has 2 heterocycles. The fraction of sp³-hybridized carbons (Fsp3) is 0. The topological polar surface area (TPSA) is 55.7 Å². The zero-order valence-electron chi connectivity index (χ0n) is 6.68. The van der Waals surface area contributed by atoms with Crippen LogP contribution in [0.3, 0.4) is 0 Å². The second-order valence-corrected chi connectivity index (χ2v) is 3.45. The normalized spacial score (nSPS) is 11.5. The number of halogens is 1. The first-order valence-electron chi connectivity index (χ1n) is 3.67. The van der Waals surface area contributed by atoms with Gasteiger partial charge in [-0.1, -0.05) is 0 Å². The molecule has 0 spiro atoms. The molecule has 13 heavy (non-hydrogen) atoms. The van der Waals surface area contributed by atoms with Gasteiger partial charge in [0.15, 0.2) is 0 Å². The Labute approximate surface area is 83.2 Å². The molecular formula is C8H7BrN4. The van der Waals surface area contributed by atoms with Crippen LogP contribution < -0.4 is 5.84 Å². The predicted octanol–water partition coefficient (Wildman–Crippen LogP) is 1.39. The van der Waals surface area contributed by atoms with Crippen LogP contribution in [0, 0.1) is 0 Å². The van der Waals surface area contributed by atoms with Crippen LogP contribution in [-0.4, -0.2) is 15.6 Å². The molecule has 2 aromatic rings. The Morgan fingerprint density at radius 1 is 1.54 bits per heavy atom. The fourth-order valence-electron chi connectivity index (χ4n) is 1.15. The third-order valence-corrected chi connectivity index (χ3v) is 2.17. The number of rotatable bonds is 1. The van der Waals surface area contributed by atoms with Gasteiger partial charge in [0, 0.05) is 10.7 Å². The summed E-state index contributed by atoms with van der Waals surface area (Å²) in [5.74, 6) is 5.07. The molecule has 5 heteroatoms. The highest BCUT2D eigenvalue weighted by molar-refractivity contribution is 9.10. The van der Waals surface area contributed by atoms with Crippen molar-refractivity contribution in [2.24, 2.45) is 10.9 Å². The van der Waals surface area contributed by atoms with Gasteiger partial charge in [0.25, 0.3) is 0 Å². The van der Waals surface area contributed by atoms with E-state index >= 15 is 0 Å². The summed E-state index contributed by atoms with van der Waals surface area (Å²) in [5, 5.41) is 3.46. The summed E-state index contributed by atoms with van der Waals surface area (Å²) in [7, 11) is 0. The van der Waals surface area contributed by atoms with E-state index in [1.807, 2.05) is 22.7 Å². The summed E-state index contributed by atoms with van der Waals surface area (Å²) < 4.78 is 2.89. The SMILES string of the molecule is N/N=C/c1cnc2ccc(Br)cn12. The third kappa shape index (κ3) is 1.42. The van der Waals surface area contributed by atoms with Crippen LogP contribution in [0.4, 0.5) is 0 Å². The molecule has 0 aliphatic carbocycles. The van der Waals surface area contributed by atoms with Gasteiger partial charge in [-0.25, -0.2) is 4.98 Å². The second kappa shape index (κ2) is 3.18. The first-order chi connectivity index (χ1) is 6.31. The van der Waals surface area contributed by atoms with Crippen molar-refractivity contribution in [2.45, 2.75) is 0 Å². The lowest BCUT2D eigenvalue weighted by molar-refractivity contribution is 1.15. The number of hydrogen-bond acceptors (Lipinski definition) is 3. The number of fused-ring (bicyclic) bond motifs is 1. The van der Waals surface area contributed by atoms with E-state index in [4.69, 9.17) is 5.84 Å². The largest absolute Gasteiger partial charge is 0.323 e. The summed E-state index contributed by atoms with van der Waals surface area (Å²) in [6.45, 7) is 0. The molecular weight excluding hydrogens is 232 g/mol. The highest BCUT2D eigenvalue weighted by Gasteiger charge is 1.99. The zero-order chi connectivity index (χ0) is 9.26. The summed E-state index contributed by atoms with van der Waals surface area (Å²) >= 11 is 3.38. The van der Waals surface area contributed by atoms with E-state index in [2.05, 4.69) is 26.0 Å². The maximum absolute atomic E-state index is 5.07. The molecule has 2 aromatic heterocycles. The van der Waals surface area contributed by atoms with Crippen LogP contribution in [0.15, 0.2) is 34.1 Å². The zero-order valence-corrected chi connectivity index (χ0v) is 8.27. The molecule has 2 N–H and O–H groups in total. The van der Waals surface area contributed by atoms with Crippen molar-refractivity contribution in [1.29, 1.82) is 0 Å². The minimum atomic E-state index is 0.860. The molecule has 0 radical (unpaired) electrons. The number of hydrogen-bond donors (Lipinski definition) is 1. The van der Waals surface area contributed by atoms with Gasteiger partial charge in [-0.15, -0.1) is 0 Å². The van der Waals surface area contributed by atoms with Crippen molar-refractivity contribution in [1.82, 2.24) is 9.38 Å².